The van der Waals surface area contributed by atoms with Gasteiger partial charge in [-0.15, -0.1) is 0 Å². The number of carbonyl (C=O) groups excluding carboxylic acids is 2. The molecule has 0 aliphatic heterocycles. The molecule has 0 saturated heterocycles. The predicted molar refractivity (Wildman–Crippen MR) is 111 cm³/mol. The van der Waals surface area contributed by atoms with Crippen LogP contribution in [0.15, 0.2) is 54.6 Å². The van der Waals surface area contributed by atoms with Crippen LogP contribution in [0, 0.1) is 0 Å². The van der Waals surface area contributed by atoms with Crippen LogP contribution in [0.2, 0.25) is 0 Å². The van der Waals surface area contributed by atoms with Crippen LogP contribution in [0.5, 0.6) is 5.75 Å². The number of halogens is 3. The highest BCUT2D eigenvalue weighted by molar-refractivity contribution is 5.88. The van der Waals surface area contributed by atoms with Crippen molar-refractivity contribution in [3.8, 4) is 5.75 Å². The second-order valence-corrected chi connectivity index (χ2v) is 6.89. The molecule has 0 unspecified atom stereocenters. The minimum atomic E-state index is -5.17. The molecule has 0 aliphatic carbocycles. The van der Waals surface area contributed by atoms with Crippen LogP contribution in [-0.2, 0) is 32.1 Å². The first kappa shape index (κ1) is 25.4. The Morgan fingerprint density at radius 3 is 2.28 bits per heavy atom. The Balaban J connectivity index is 1.51. The normalized spacial score (nSPS) is 11.2. The molecule has 2 aromatic carbocycles. The Bertz CT molecular complexity index is 826. The SMILES string of the molecule is O=C(CCNCCc1ccc(OCCCOCc2ccccc2)cc1)OC(=O)C(F)(F)F. The molecule has 9 heteroatoms. The van der Waals surface area contributed by atoms with Gasteiger partial charge < -0.3 is 19.5 Å². The van der Waals surface area contributed by atoms with E-state index in [1.54, 1.807) is 0 Å². The number of benzene rings is 2. The number of carbonyl (C=O) groups is 2. The van der Waals surface area contributed by atoms with Crippen molar-refractivity contribution in [1.82, 2.24) is 5.32 Å². The van der Waals surface area contributed by atoms with E-state index >= 15 is 0 Å². The Morgan fingerprint density at radius 1 is 0.875 bits per heavy atom. The highest BCUT2D eigenvalue weighted by Crippen LogP contribution is 2.16. The standard InChI is InChI=1S/C23H26F3NO5/c24-23(25,26)22(29)32-21(28)12-14-27-13-11-18-7-9-20(10-8-18)31-16-4-15-30-17-19-5-2-1-3-6-19/h1-3,5-10,27H,4,11-17H2. The third kappa shape index (κ3) is 10.4. The Kier molecular flexibility index (Phi) is 10.7. The van der Waals surface area contributed by atoms with Crippen molar-refractivity contribution in [1.29, 1.82) is 0 Å². The van der Waals surface area contributed by atoms with Crippen LogP contribution in [-0.4, -0.2) is 44.4 Å². The Labute approximate surface area is 184 Å². The molecule has 174 valence electrons. The molecule has 0 aromatic heterocycles. The van der Waals surface area contributed by atoms with Crippen molar-refractivity contribution in [3.05, 3.63) is 65.7 Å². The second kappa shape index (κ2) is 13.5. The highest BCUT2D eigenvalue weighted by Gasteiger charge is 2.42. The summed E-state index contributed by atoms with van der Waals surface area (Å²) in [6, 6.07) is 17.5. The second-order valence-electron chi connectivity index (χ2n) is 6.89. The van der Waals surface area contributed by atoms with E-state index in [4.69, 9.17) is 9.47 Å². The monoisotopic (exact) mass is 453 g/mol. The van der Waals surface area contributed by atoms with Crippen molar-refractivity contribution >= 4 is 11.9 Å². The number of rotatable bonds is 13. The van der Waals surface area contributed by atoms with E-state index in [1.807, 2.05) is 54.6 Å². The molecule has 0 saturated carbocycles. The molecule has 0 bridgehead atoms. The summed E-state index contributed by atoms with van der Waals surface area (Å²) >= 11 is 0. The summed E-state index contributed by atoms with van der Waals surface area (Å²) in [7, 11) is 0. The molecule has 32 heavy (non-hydrogen) atoms. The molecule has 0 radical (unpaired) electrons. The van der Waals surface area contributed by atoms with Crippen LogP contribution in [0.3, 0.4) is 0 Å². The quantitative estimate of drug-likeness (QED) is 0.282. The number of ether oxygens (including phenoxy) is 3. The molecule has 2 aromatic rings. The van der Waals surface area contributed by atoms with E-state index in [0.717, 1.165) is 23.3 Å². The molecule has 0 aliphatic rings. The van der Waals surface area contributed by atoms with Gasteiger partial charge in [0.25, 0.3) is 0 Å². The first-order valence-electron chi connectivity index (χ1n) is 10.2. The summed E-state index contributed by atoms with van der Waals surface area (Å²) in [5.74, 6) is -2.96. The van der Waals surface area contributed by atoms with E-state index in [1.165, 1.54) is 0 Å². The summed E-state index contributed by atoms with van der Waals surface area (Å²) in [5.41, 5.74) is 2.17. The number of hydrogen-bond donors (Lipinski definition) is 1. The average Bonchev–Trinajstić information content (AvgIpc) is 2.77. The zero-order valence-corrected chi connectivity index (χ0v) is 17.5. The summed E-state index contributed by atoms with van der Waals surface area (Å²) in [5, 5.41) is 2.92. The van der Waals surface area contributed by atoms with Crippen LogP contribution < -0.4 is 10.1 Å². The predicted octanol–water partition coefficient (Wildman–Crippen LogP) is 3.83. The highest BCUT2D eigenvalue weighted by atomic mass is 19.4. The molecule has 0 amide bonds. The van der Waals surface area contributed by atoms with Crippen LogP contribution in [0.4, 0.5) is 13.2 Å². The molecule has 0 spiro atoms. The van der Waals surface area contributed by atoms with Gasteiger partial charge in [-0.1, -0.05) is 42.5 Å². The summed E-state index contributed by atoms with van der Waals surface area (Å²) < 4.78 is 51.0. The van der Waals surface area contributed by atoms with Crippen molar-refractivity contribution in [2.45, 2.75) is 32.0 Å². The third-order valence-corrected chi connectivity index (χ3v) is 4.27. The molecule has 0 heterocycles. The molecular formula is C23H26F3NO5. The first-order chi connectivity index (χ1) is 15.3. The van der Waals surface area contributed by atoms with E-state index in [2.05, 4.69) is 10.1 Å². The minimum absolute atomic E-state index is 0.109. The lowest BCUT2D eigenvalue weighted by Crippen LogP contribution is -2.29. The fourth-order valence-corrected chi connectivity index (χ4v) is 2.63. The van der Waals surface area contributed by atoms with E-state index in [0.29, 0.717) is 32.8 Å². The van der Waals surface area contributed by atoms with Gasteiger partial charge in [0.2, 0.25) is 0 Å². The zero-order valence-electron chi connectivity index (χ0n) is 17.5. The number of esters is 2. The van der Waals surface area contributed by atoms with E-state index in [9.17, 15) is 22.8 Å². The minimum Gasteiger partial charge on any atom is -0.494 e. The molecule has 0 fully saturated rings. The Morgan fingerprint density at radius 2 is 1.59 bits per heavy atom. The maximum Gasteiger partial charge on any atom is 0.491 e. The fourth-order valence-electron chi connectivity index (χ4n) is 2.63. The topological polar surface area (TPSA) is 73.9 Å². The summed E-state index contributed by atoms with van der Waals surface area (Å²) in [4.78, 5) is 21.7. The molecule has 0 atom stereocenters. The summed E-state index contributed by atoms with van der Waals surface area (Å²) in [6.07, 6.45) is -4.07. The van der Waals surface area contributed by atoms with Gasteiger partial charge in [-0.05, 0) is 36.2 Å². The molecule has 1 N–H and O–H groups in total. The largest absolute Gasteiger partial charge is 0.494 e. The van der Waals surface area contributed by atoms with Gasteiger partial charge in [-0.25, -0.2) is 4.79 Å². The molecular weight excluding hydrogens is 427 g/mol. The van der Waals surface area contributed by atoms with Gasteiger partial charge in [-0.2, -0.15) is 13.2 Å². The maximum atomic E-state index is 12.0. The van der Waals surface area contributed by atoms with Crippen LogP contribution >= 0.6 is 0 Å². The smallest absolute Gasteiger partial charge is 0.491 e. The van der Waals surface area contributed by atoms with Crippen molar-refractivity contribution in [2.24, 2.45) is 0 Å². The molecule has 2 rings (SSSR count). The lowest BCUT2D eigenvalue weighted by atomic mass is 10.1. The zero-order chi connectivity index (χ0) is 23.2. The Hall–Kier alpha value is -2.91. The van der Waals surface area contributed by atoms with Crippen molar-refractivity contribution < 1.29 is 37.0 Å². The van der Waals surface area contributed by atoms with Crippen LogP contribution in [0.1, 0.15) is 24.0 Å². The van der Waals surface area contributed by atoms with Gasteiger partial charge in [0, 0.05) is 13.0 Å². The van der Waals surface area contributed by atoms with Crippen molar-refractivity contribution in [2.75, 3.05) is 26.3 Å². The van der Waals surface area contributed by atoms with Gasteiger partial charge in [0.05, 0.1) is 26.2 Å². The maximum absolute atomic E-state index is 12.0. The number of alkyl halides is 3. The van der Waals surface area contributed by atoms with Gasteiger partial charge in [-0.3, -0.25) is 4.79 Å². The van der Waals surface area contributed by atoms with Crippen LogP contribution in [0.25, 0.3) is 0 Å². The lowest BCUT2D eigenvalue weighted by molar-refractivity contribution is -0.201. The van der Waals surface area contributed by atoms with Gasteiger partial charge in [0.1, 0.15) is 5.75 Å². The van der Waals surface area contributed by atoms with Crippen molar-refractivity contribution in [3.63, 3.8) is 0 Å². The average molecular weight is 453 g/mol. The fraction of sp³-hybridized carbons (Fsp3) is 0.391. The van der Waals surface area contributed by atoms with E-state index < -0.39 is 18.1 Å². The number of hydrogen-bond acceptors (Lipinski definition) is 6. The molecule has 6 nitrogen and oxygen atoms in total. The third-order valence-electron chi connectivity index (χ3n) is 4.27. The van der Waals surface area contributed by atoms with E-state index in [-0.39, 0.29) is 13.0 Å². The lowest BCUT2D eigenvalue weighted by Gasteiger charge is -2.09. The van der Waals surface area contributed by atoms with Gasteiger partial charge in [0.15, 0.2) is 0 Å². The first-order valence-corrected chi connectivity index (χ1v) is 10.2. The van der Waals surface area contributed by atoms with Gasteiger partial charge >= 0.3 is 18.1 Å². The number of nitrogens with one attached hydrogen (secondary N) is 1. The summed E-state index contributed by atoms with van der Waals surface area (Å²) in [6.45, 7) is 2.35.